The van der Waals surface area contributed by atoms with E-state index < -0.39 is 27.4 Å². The second-order valence-electron chi connectivity index (χ2n) is 6.92. The number of hydrogen-bond acceptors (Lipinski definition) is 6. The number of carbonyl (C=O) groups is 1. The van der Waals surface area contributed by atoms with Crippen molar-refractivity contribution in [3.8, 4) is 11.5 Å². The van der Waals surface area contributed by atoms with Crippen LogP contribution in [-0.4, -0.2) is 52.1 Å². The van der Waals surface area contributed by atoms with Crippen molar-refractivity contribution in [2.24, 2.45) is 0 Å². The molecular weight excluding hydrogens is 425 g/mol. The molecule has 162 valence electrons. The van der Waals surface area contributed by atoms with Gasteiger partial charge in [0, 0.05) is 13.1 Å². The third-order valence-corrected chi connectivity index (χ3v) is 6.89. The Morgan fingerprint density at radius 2 is 1.65 bits per heavy atom. The Bertz CT molecular complexity index is 1240. The maximum absolute atomic E-state index is 14.4. The minimum Gasteiger partial charge on any atom is -0.497 e. The van der Waals surface area contributed by atoms with Gasteiger partial charge in [0.25, 0.3) is 0 Å². The van der Waals surface area contributed by atoms with Gasteiger partial charge in [0.1, 0.15) is 17.3 Å². The number of rotatable bonds is 5. The van der Waals surface area contributed by atoms with E-state index in [2.05, 4.69) is 0 Å². The van der Waals surface area contributed by atoms with Crippen LogP contribution in [0.4, 0.5) is 4.39 Å². The third-order valence-electron chi connectivity index (χ3n) is 4.99. The highest BCUT2D eigenvalue weighted by atomic mass is 32.2. The molecule has 1 aliphatic heterocycles. The first-order valence-corrected chi connectivity index (χ1v) is 11.0. The van der Waals surface area contributed by atoms with Crippen molar-refractivity contribution in [1.29, 1.82) is 0 Å². The Morgan fingerprint density at radius 1 is 0.968 bits per heavy atom. The molecule has 0 amide bonds. The highest BCUT2D eigenvalue weighted by Crippen LogP contribution is 2.26. The average Bonchev–Trinajstić information content (AvgIpc) is 2.79. The molecule has 0 N–H and O–H groups in total. The largest absolute Gasteiger partial charge is 0.497 e. The zero-order chi connectivity index (χ0) is 22.0. The minimum absolute atomic E-state index is 0.175. The summed E-state index contributed by atoms with van der Waals surface area (Å²) in [6.45, 7) is 0.949. The maximum atomic E-state index is 14.4. The van der Waals surface area contributed by atoms with Crippen LogP contribution in [0.25, 0.3) is 10.8 Å². The lowest BCUT2D eigenvalue weighted by molar-refractivity contribution is 0.0725. The highest BCUT2D eigenvalue weighted by molar-refractivity contribution is 7.89. The number of nitrogens with zero attached hydrogens (tertiary/aromatic N) is 1. The predicted octanol–water partition coefficient (Wildman–Crippen LogP) is 3.23. The number of benzene rings is 3. The molecule has 0 saturated carbocycles. The lowest BCUT2D eigenvalue weighted by atomic mass is 10.1. The number of esters is 1. The number of hydrogen-bond donors (Lipinski definition) is 0. The molecule has 4 rings (SSSR count). The molecule has 7 nitrogen and oxygen atoms in total. The molecule has 0 unspecified atom stereocenters. The Balaban J connectivity index is 1.61. The summed E-state index contributed by atoms with van der Waals surface area (Å²) in [7, 11) is -2.33. The van der Waals surface area contributed by atoms with Crippen molar-refractivity contribution >= 4 is 26.8 Å². The van der Waals surface area contributed by atoms with E-state index in [1.807, 2.05) is 12.1 Å². The van der Waals surface area contributed by atoms with E-state index in [1.165, 1.54) is 4.31 Å². The molecule has 0 bridgehead atoms. The quantitative estimate of drug-likeness (QED) is 0.443. The van der Waals surface area contributed by atoms with Crippen molar-refractivity contribution in [1.82, 2.24) is 4.31 Å². The molecule has 0 aliphatic carbocycles. The number of sulfonamides is 1. The predicted molar refractivity (Wildman–Crippen MR) is 111 cm³/mol. The summed E-state index contributed by atoms with van der Waals surface area (Å²) in [6, 6.07) is 13.5. The third kappa shape index (κ3) is 4.39. The number of carbonyl (C=O) groups excluding carboxylic acids is 1. The average molecular weight is 445 g/mol. The van der Waals surface area contributed by atoms with Gasteiger partial charge in [-0.1, -0.05) is 12.1 Å². The summed E-state index contributed by atoms with van der Waals surface area (Å²) < 4.78 is 56.9. The first kappa shape index (κ1) is 21.2. The summed E-state index contributed by atoms with van der Waals surface area (Å²) in [5, 5.41) is 1.68. The van der Waals surface area contributed by atoms with Crippen molar-refractivity contribution in [2.45, 2.75) is 4.90 Å². The van der Waals surface area contributed by atoms with Gasteiger partial charge in [0.2, 0.25) is 10.0 Å². The first-order chi connectivity index (χ1) is 14.9. The molecule has 0 aromatic heterocycles. The van der Waals surface area contributed by atoms with Gasteiger partial charge in [0.15, 0.2) is 0 Å². The van der Waals surface area contributed by atoms with Gasteiger partial charge in [-0.15, -0.1) is 0 Å². The molecule has 1 fully saturated rings. The second-order valence-corrected chi connectivity index (χ2v) is 8.86. The zero-order valence-corrected chi connectivity index (χ0v) is 17.5. The number of fused-ring (bicyclic) bond motifs is 1. The van der Waals surface area contributed by atoms with E-state index in [1.54, 1.807) is 31.4 Å². The van der Waals surface area contributed by atoms with E-state index in [-0.39, 0.29) is 36.9 Å². The van der Waals surface area contributed by atoms with Crippen LogP contribution in [0.2, 0.25) is 0 Å². The fraction of sp³-hybridized carbons (Fsp3) is 0.227. The molecular formula is C22H20FNO6S. The standard InChI is InChI=1S/C22H20FNO6S/c1-28-17-4-2-15-3-5-18(13-16(15)12-17)30-22(25)20-14-19(6-7-21(20)23)31(26,27)24-8-10-29-11-9-24/h2-7,12-14H,8-11H2,1H3. The Morgan fingerprint density at radius 3 is 2.35 bits per heavy atom. The van der Waals surface area contributed by atoms with Crippen molar-refractivity contribution < 1.29 is 31.8 Å². The lowest BCUT2D eigenvalue weighted by Gasteiger charge is -2.26. The van der Waals surface area contributed by atoms with Gasteiger partial charge < -0.3 is 14.2 Å². The fourth-order valence-corrected chi connectivity index (χ4v) is 4.75. The fourth-order valence-electron chi connectivity index (χ4n) is 3.31. The topological polar surface area (TPSA) is 82.1 Å². The Labute approximate surface area is 179 Å². The van der Waals surface area contributed by atoms with Crippen LogP contribution in [0.3, 0.4) is 0 Å². The molecule has 9 heteroatoms. The van der Waals surface area contributed by atoms with Gasteiger partial charge in [-0.25, -0.2) is 17.6 Å². The number of morpholine rings is 1. The van der Waals surface area contributed by atoms with Crippen LogP contribution in [0.15, 0.2) is 59.5 Å². The number of halogens is 1. The molecule has 0 radical (unpaired) electrons. The zero-order valence-electron chi connectivity index (χ0n) is 16.7. The molecule has 31 heavy (non-hydrogen) atoms. The van der Waals surface area contributed by atoms with Gasteiger partial charge in [-0.3, -0.25) is 0 Å². The van der Waals surface area contributed by atoms with Gasteiger partial charge in [0.05, 0.1) is 30.8 Å². The van der Waals surface area contributed by atoms with Gasteiger partial charge in [-0.05, 0) is 53.2 Å². The summed E-state index contributed by atoms with van der Waals surface area (Å²) in [5.41, 5.74) is -0.458. The monoisotopic (exact) mass is 445 g/mol. The number of ether oxygens (including phenoxy) is 3. The van der Waals surface area contributed by atoms with Crippen LogP contribution >= 0.6 is 0 Å². The molecule has 3 aromatic rings. The summed E-state index contributed by atoms with van der Waals surface area (Å²) in [6.07, 6.45) is 0. The second kappa shape index (κ2) is 8.62. The summed E-state index contributed by atoms with van der Waals surface area (Å²) in [4.78, 5) is 12.5. The molecule has 1 heterocycles. The molecule has 3 aromatic carbocycles. The van der Waals surface area contributed by atoms with Crippen LogP contribution in [0.5, 0.6) is 11.5 Å². The van der Waals surface area contributed by atoms with Crippen LogP contribution < -0.4 is 9.47 Å². The Hall–Kier alpha value is -3.01. The molecule has 1 saturated heterocycles. The normalized spacial score (nSPS) is 15.0. The molecule has 0 spiro atoms. The van der Waals surface area contributed by atoms with Crippen LogP contribution in [0, 0.1) is 5.82 Å². The first-order valence-electron chi connectivity index (χ1n) is 9.56. The van der Waals surface area contributed by atoms with E-state index in [4.69, 9.17) is 14.2 Å². The Kier molecular flexibility index (Phi) is 5.90. The van der Waals surface area contributed by atoms with Crippen molar-refractivity contribution in [3.05, 3.63) is 66.0 Å². The molecule has 0 atom stereocenters. The highest BCUT2D eigenvalue weighted by Gasteiger charge is 2.28. The summed E-state index contributed by atoms with van der Waals surface area (Å²) in [5.74, 6) is -1.01. The van der Waals surface area contributed by atoms with Gasteiger partial charge in [-0.2, -0.15) is 4.31 Å². The van der Waals surface area contributed by atoms with E-state index >= 15 is 0 Å². The van der Waals surface area contributed by atoms with E-state index in [0.29, 0.717) is 5.75 Å². The van der Waals surface area contributed by atoms with Crippen LogP contribution in [0.1, 0.15) is 10.4 Å². The minimum atomic E-state index is -3.88. The maximum Gasteiger partial charge on any atom is 0.346 e. The SMILES string of the molecule is COc1ccc2ccc(OC(=O)c3cc(S(=O)(=O)N4CCOCC4)ccc3F)cc2c1. The smallest absolute Gasteiger partial charge is 0.346 e. The lowest BCUT2D eigenvalue weighted by Crippen LogP contribution is -2.40. The summed E-state index contributed by atoms with van der Waals surface area (Å²) >= 11 is 0. The van der Waals surface area contributed by atoms with E-state index in [9.17, 15) is 17.6 Å². The molecule has 1 aliphatic rings. The van der Waals surface area contributed by atoms with Crippen LogP contribution in [-0.2, 0) is 14.8 Å². The van der Waals surface area contributed by atoms with Crippen molar-refractivity contribution in [2.75, 3.05) is 33.4 Å². The van der Waals surface area contributed by atoms with Crippen molar-refractivity contribution in [3.63, 3.8) is 0 Å². The number of methoxy groups -OCH3 is 1. The van der Waals surface area contributed by atoms with Gasteiger partial charge >= 0.3 is 5.97 Å². The van der Waals surface area contributed by atoms with E-state index in [0.717, 1.165) is 29.0 Å².